The highest BCUT2D eigenvalue weighted by atomic mass is 35.5. The predicted octanol–water partition coefficient (Wildman–Crippen LogP) is 3.94. The molecule has 0 aliphatic rings. The summed E-state index contributed by atoms with van der Waals surface area (Å²) in [7, 11) is 0. The van der Waals surface area contributed by atoms with Crippen LogP contribution in [0.3, 0.4) is 0 Å². The van der Waals surface area contributed by atoms with Crippen molar-refractivity contribution >= 4 is 17.6 Å². The van der Waals surface area contributed by atoms with Crippen LogP contribution in [0.5, 0.6) is 0 Å². The molecule has 0 fully saturated rings. The van der Waals surface area contributed by atoms with E-state index in [4.69, 9.17) is 16.7 Å². The lowest BCUT2D eigenvalue weighted by Crippen LogP contribution is -2.00. The summed E-state index contributed by atoms with van der Waals surface area (Å²) in [5.74, 6) is -0.841. The standard InChI is InChI=1S/C15H13ClO2/c1-10-2-5-12(6-3-10)13-8-11(9-15(17)18)4-7-14(13)16/h2-8H,9H2,1H3,(H,17,18). The van der Waals surface area contributed by atoms with Crippen LogP contribution in [0, 0.1) is 6.92 Å². The second-order valence-electron chi connectivity index (χ2n) is 4.25. The van der Waals surface area contributed by atoms with Crippen molar-refractivity contribution < 1.29 is 9.90 Å². The summed E-state index contributed by atoms with van der Waals surface area (Å²) in [4.78, 5) is 10.7. The van der Waals surface area contributed by atoms with Gasteiger partial charge in [-0.15, -0.1) is 0 Å². The second kappa shape index (κ2) is 5.23. The van der Waals surface area contributed by atoms with Crippen LogP contribution in [0.2, 0.25) is 5.02 Å². The Morgan fingerprint density at radius 1 is 1.17 bits per heavy atom. The third-order valence-electron chi connectivity index (χ3n) is 2.75. The molecule has 0 aliphatic heterocycles. The van der Waals surface area contributed by atoms with Gasteiger partial charge >= 0.3 is 5.97 Å². The van der Waals surface area contributed by atoms with E-state index in [-0.39, 0.29) is 6.42 Å². The molecule has 1 N–H and O–H groups in total. The highest BCUT2D eigenvalue weighted by molar-refractivity contribution is 6.33. The van der Waals surface area contributed by atoms with E-state index in [1.807, 2.05) is 37.3 Å². The summed E-state index contributed by atoms with van der Waals surface area (Å²) in [6.07, 6.45) is 0.00995. The van der Waals surface area contributed by atoms with E-state index in [0.29, 0.717) is 5.02 Å². The Bertz CT molecular complexity index is 574. The van der Waals surface area contributed by atoms with Crippen molar-refractivity contribution in [2.45, 2.75) is 13.3 Å². The van der Waals surface area contributed by atoms with Crippen molar-refractivity contribution in [1.82, 2.24) is 0 Å². The van der Waals surface area contributed by atoms with E-state index in [9.17, 15) is 4.79 Å². The Kier molecular flexibility index (Phi) is 3.68. The molecule has 0 atom stereocenters. The fraction of sp³-hybridized carbons (Fsp3) is 0.133. The van der Waals surface area contributed by atoms with Gasteiger partial charge < -0.3 is 5.11 Å². The van der Waals surface area contributed by atoms with Crippen LogP contribution in [0.4, 0.5) is 0 Å². The van der Waals surface area contributed by atoms with E-state index in [1.165, 1.54) is 5.56 Å². The zero-order valence-electron chi connectivity index (χ0n) is 9.98. The van der Waals surface area contributed by atoms with Crippen molar-refractivity contribution in [3.63, 3.8) is 0 Å². The maximum absolute atomic E-state index is 10.7. The molecule has 0 aliphatic carbocycles. The summed E-state index contributed by atoms with van der Waals surface area (Å²) >= 11 is 6.16. The Balaban J connectivity index is 2.42. The number of rotatable bonds is 3. The van der Waals surface area contributed by atoms with Crippen LogP contribution in [-0.2, 0) is 11.2 Å². The van der Waals surface area contributed by atoms with Gasteiger partial charge in [0.25, 0.3) is 0 Å². The van der Waals surface area contributed by atoms with Crippen LogP contribution in [0.1, 0.15) is 11.1 Å². The molecule has 2 rings (SSSR count). The van der Waals surface area contributed by atoms with Crippen LogP contribution < -0.4 is 0 Å². The molecule has 0 bridgehead atoms. The van der Waals surface area contributed by atoms with Gasteiger partial charge in [0.1, 0.15) is 0 Å². The molecule has 0 heterocycles. The first-order valence-corrected chi connectivity index (χ1v) is 6.01. The van der Waals surface area contributed by atoms with Crippen LogP contribution >= 0.6 is 11.6 Å². The minimum Gasteiger partial charge on any atom is -0.481 e. The monoisotopic (exact) mass is 260 g/mol. The summed E-state index contributed by atoms with van der Waals surface area (Å²) in [6, 6.07) is 13.3. The van der Waals surface area contributed by atoms with Gasteiger partial charge in [0.2, 0.25) is 0 Å². The maximum Gasteiger partial charge on any atom is 0.307 e. The number of carboxylic acids is 1. The number of aryl methyl sites for hydroxylation is 1. The number of halogens is 1. The first-order valence-electron chi connectivity index (χ1n) is 5.63. The Labute approximate surface area is 111 Å². The minimum absolute atomic E-state index is 0.00995. The van der Waals surface area contributed by atoms with E-state index in [1.54, 1.807) is 12.1 Å². The van der Waals surface area contributed by atoms with Gasteiger partial charge in [-0.1, -0.05) is 47.5 Å². The molecule has 2 nitrogen and oxygen atoms in total. The summed E-state index contributed by atoms with van der Waals surface area (Å²) < 4.78 is 0. The number of carboxylic acid groups (broad SMARTS) is 1. The molecule has 3 heteroatoms. The number of hydrogen-bond donors (Lipinski definition) is 1. The van der Waals surface area contributed by atoms with Crippen molar-refractivity contribution in [1.29, 1.82) is 0 Å². The zero-order chi connectivity index (χ0) is 13.1. The average molecular weight is 261 g/mol. The molecule has 92 valence electrons. The third kappa shape index (κ3) is 2.90. The van der Waals surface area contributed by atoms with Gasteiger partial charge in [-0.3, -0.25) is 4.79 Å². The molecule has 0 aromatic heterocycles. The molecule has 2 aromatic rings. The Morgan fingerprint density at radius 2 is 1.83 bits per heavy atom. The lowest BCUT2D eigenvalue weighted by Gasteiger charge is -2.07. The first-order chi connectivity index (χ1) is 8.56. The molecule has 2 aromatic carbocycles. The van der Waals surface area contributed by atoms with Crippen molar-refractivity contribution in [2.75, 3.05) is 0 Å². The molecular formula is C15H13ClO2. The lowest BCUT2D eigenvalue weighted by atomic mass is 10.0. The van der Waals surface area contributed by atoms with Crippen molar-refractivity contribution in [2.24, 2.45) is 0 Å². The Hall–Kier alpha value is -1.80. The Morgan fingerprint density at radius 3 is 2.44 bits per heavy atom. The molecule has 0 amide bonds. The number of carbonyl (C=O) groups is 1. The number of aliphatic carboxylic acids is 1. The maximum atomic E-state index is 10.7. The van der Waals surface area contributed by atoms with E-state index in [0.717, 1.165) is 16.7 Å². The quantitative estimate of drug-likeness (QED) is 0.908. The van der Waals surface area contributed by atoms with E-state index >= 15 is 0 Å². The summed E-state index contributed by atoms with van der Waals surface area (Å²) in [6.45, 7) is 2.02. The van der Waals surface area contributed by atoms with Crippen LogP contribution in [0.15, 0.2) is 42.5 Å². The van der Waals surface area contributed by atoms with Gasteiger partial charge in [-0.25, -0.2) is 0 Å². The van der Waals surface area contributed by atoms with E-state index < -0.39 is 5.97 Å². The highest BCUT2D eigenvalue weighted by Gasteiger charge is 2.07. The van der Waals surface area contributed by atoms with Gasteiger partial charge in [0.05, 0.1) is 6.42 Å². The van der Waals surface area contributed by atoms with Gasteiger partial charge in [-0.05, 0) is 30.2 Å². The van der Waals surface area contributed by atoms with Gasteiger partial charge in [0.15, 0.2) is 0 Å². The SMILES string of the molecule is Cc1ccc(-c2cc(CC(=O)O)ccc2Cl)cc1. The fourth-order valence-electron chi connectivity index (χ4n) is 1.81. The average Bonchev–Trinajstić information content (AvgIpc) is 2.32. The smallest absolute Gasteiger partial charge is 0.307 e. The topological polar surface area (TPSA) is 37.3 Å². The van der Waals surface area contributed by atoms with Crippen LogP contribution in [0.25, 0.3) is 11.1 Å². The highest BCUT2D eigenvalue weighted by Crippen LogP contribution is 2.29. The molecule has 0 spiro atoms. The predicted molar refractivity (Wildman–Crippen MR) is 73.0 cm³/mol. The second-order valence-corrected chi connectivity index (χ2v) is 4.66. The van der Waals surface area contributed by atoms with Crippen molar-refractivity contribution in [3.8, 4) is 11.1 Å². The lowest BCUT2D eigenvalue weighted by molar-refractivity contribution is -0.136. The van der Waals surface area contributed by atoms with Crippen molar-refractivity contribution in [3.05, 3.63) is 58.6 Å². The summed E-state index contributed by atoms with van der Waals surface area (Å²) in [5.41, 5.74) is 3.80. The molecule has 0 saturated heterocycles. The first kappa shape index (κ1) is 12.7. The molecular weight excluding hydrogens is 248 g/mol. The molecule has 0 saturated carbocycles. The molecule has 0 radical (unpaired) electrons. The minimum atomic E-state index is -0.841. The largest absolute Gasteiger partial charge is 0.481 e. The van der Waals surface area contributed by atoms with Gasteiger partial charge in [-0.2, -0.15) is 0 Å². The zero-order valence-corrected chi connectivity index (χ0v) is 10.7. The molecule has 0 unspecified atom stereocenters. The number of benzene rings is 2. The van der Waals surface area contributed by atoms with E-state index in [2.05, 4.69) is 0 Å². The summed E-state index contributed by atoms with van der Waals surface area (Å²) in [5, 5.41) is 9.43. The normalized spacial score (nSPS) is 10.3. The van der Waals surface area contributed by atoms with Gasteiger partial charge in [0, 0.05) is 10.6 Å². The molecule has 18 heavy (non-hydrogen) atoms. The third-order valence-corrected chi connectivity index (χ3v) is 3.08. The fourth-order valence-corrected chi connectivity index (χ4v) is 2.04. The van der Waals surface area contributed by atoms with Crippen LogP contribution in [-0.4, -0.2) is 11.1 Å². The number of hydrogen-bond acceptors (Lipinski definition) is 1.